The van der Waals surface area contributed by atoms with Gasteiger partial charge in [-0.15, -0.1) is 0 Å². The minimum absolute atomic E-state index is 0.0411. The van der Waals surface area contributed by atoms with Gasteiger partial charge in [0.25, 0.3) is 0 Å². The van der Waals surface area contributed by atoms with Crippen LogP contribution in [0.3, 0.4) is 0 Å². The second kappa shape index (κ2) is 5.26. The van der Waals surface area contributed by atoms with Crippen molar-refractivity contribution in [2.75, 3.05) is 0 Å². The Bertz CT molecular complexity index is 406. The van der Waals surface area contributed by atoms with Gasteiger partial charge in [-0.25, -0.2) is 4.79 Å². The molecule has 2 bridgehead atoms. The van der Waals surface area contributed by atoms with Gasteiger partial charge in [-0.2, -0.15) is 0 Å². The number of amides is 2. The van der Waals surface area contributed by atoms with Crippen LogP contribution in [0, 0.1) is 11.8 Å². The average Bonchev–Trinajstić information content (AvgIpc) is 3.13. The highest BCUT2D eigenvalue weighted by molar-refractivity contribution is 5.79. The third kappa shape index (κ3) is 2.27. The molecule has 5 nitrogen and oxygen atoms in total. The molecule has 3 rings (SSSR count). The molecule has 112 valence electrons. The monoisotopic (exact) mass is 280 g/mol. The predicted molar refractivity (Wildman–Crippen MR) is 74.3 cm³/mol. The molecule has 0 aromatic heterocycles. The van der Waals surface area contributed by atoms with Crippen molar-refractivity contribution in [3.63, 3.8) is 0 Å². The van der Waals surface area contributed by atoms with Crippen molar-refractivity contribution in [2.24, 2.45) is 11.8 Å². The molecule has 1 saturated carbocycles. The lowest BCUT2D eigenvalue weighted by atomic mass is 9.89. The normalized spacial score (nSPS) is 34.5. The molecule has 0 aromatic carbocycles. The lowest BCUT2D eigenvalue weighted by molar-refractivity contribution is -0.142. The molecular formula is C15H24N2O3. The minimum Gasteiger partial charge on any atom is -0.481 e. The van der Waals surface area contributed by atoms with E-state index in [9.17, 15) is 14.7 Å². The fourth-order valence-electron chi connectivity index (χ4n) is 4.42. The Hall–Kier alpha value is -1.26. The first kappa shape index (κ1) is 13.7. The summed E-state index contributed by atoms with van der Waals surface area (Å²) in [7, 11) is 0. The van der Waals surface area contributed by atoms with Crippen LogP contribution in [0.5, 0.6) is 0 Å². The van der Waals surface area contributed by atoms with E-state index in [1.165, 1.54) is 25.7 Å². The van der Waals surface area contributed by atoms with Gasteiger partial charge in [0.1, 0.15) is 0 Å². The van der Waals surface area contributed by atoms with Crippen molar-refractivity contribution in [3.8, 4) is 0 Å². The van der Waals surface area contributed by atoms with Gasteiger partial charge in [0.15, 0.2) is 0 Å². The topological polar surface area (TPSA) is 69.6 Å². The molecule has 2 saturated heterocycles. The molecule has 2 heterocycles. The van der Waals surface area contributed by atoms with Crippen LogP contribution < -0.4 is 5.32 Å². The van der Waals surface area contributed by atoms with E-state index in [2.05, 4.69) is 12.2 Å². The van der Waals surface area contributed by atoms with E-state index in [-0.39, 0.29) is 30.1 Å². The van der Waals surface area contributed by atoms with Gasteiger partial charge in [0, 0.05) is 18.1 Å². The molecular weight excluding hydrogens is 256 g/mol. The van der Waals surface area contributed by atoms with Gasteiger partial charge in [0.05, 0.1) is 5.92 Å². The van der Waals surface area contributed by atoms with E-state index in [1.54, 1.807) is 0 Å². The first-order valence-electron chi connectivity index (χ1n) is 7.89. The summed E-state index contributed by atoms with van der Waals surface area (Å²) in [6.45, 7) is 2.08. The summed E-state index contributed by atoms with van der Waals surface area (Å²) in [5.74, 6) is -0.519. The molecule has 20 heavy (non-hydrogen) atoms. The summed E-state index contributed by atoms with van der Waals surface area (Å²) in [6.07, 6.45) is 7.36. The number of carbonyl (C=O) groups is 2. The molecule has 3 fully saturated rings. The first-order chi connectivity index (χ1) is 9.58. The van der Waals surface area contributed by atoms with Crippen molar-refractivity contribution in [2.45, 2.75) is 70.0 Å². The van der Waals surface area contributed by atoms with Crippen molar-refractivity contribution in [3.05, 3.63) is 0 Å². The number of urea groups is 1. The average molecular weight is 280 g/mol. The van der Waals surface area contributed by atoms with Crippen LogP contribution >= 0.6 is 0 Å². The number of carboxylic acids is 1. The number of hydrogen-bond acceptors (Lipinski definition) is 2. The van der Waals surface area contributed by atoms with E-state index >= 15 is 0 Å². The summed E-state index contributed by atoms with van der Waals surface area (Å²) in [4.78, 5) is 25.5. The van der Waals surface area contributed by atoms with E-state index in [1.807, 2.05) is 4.90 Å². The molecule has 1 aliphatic carbocycles. The van der Waals surface area contributed by atoms with Crippen LogP contribution in [0.2, 0.25) is 0 Å². The first-order valence-corrected chi connectivity index (χ1v) is 7.89. The van der Waals surface area contributed by atoms with Crippen molar-refractivity contribution in [1.29, 1.82) is 0 Å². The maximum Gasteiger partial charge on any atom is 0.318 e. The highest BCUT2D eigenvalue weighted by Gasteiger charge is 2.51. The fourth-order valence-corrected chi connectivity index (χ4v) is 4.42. The van der Waals surface area contributed by atoms with Crippen LogP contribution in [-0.4, -0.2) is 40.1 Å². The van der Waals surface area contributed by atoms with Crippen LogP contribution in [0.4, 0.5) is 4.79 Å². The largest absolute Gasteiger partial charge is 0.481 e. The van der Waals surface area contributed by atoms with Crippen LogP contribution in [0.25, 0.3) is 0 Å². The SMILES string of the molecule is CC(NC(=O)N1C2CCC1C(C(=O)O)C2)C1CCCC1. The van der Waals surface area contributed by atoms with Gasteiger partial charge < -0.3 is 15.3 Å². The quantitative estimate of drug-likeness (QED) is 0.832. The summed E-state index contributed by atoms with van der Waals surface area (Å²) >= 11 is 0. The predicted octanol–water partition coefficient (Wildman–Crippen LogP) is 2.21. The number of carboxylic acid groups (broad SMARTS) is 1. The Morgan fingerprint density at radius 2 is 1.90 bits per heavy atom. The van der Waals surface area contributed by atoms with Crippen molar-refractivity contribution >= 4 is 12.0 Å². The standard InChI is InChI=1S/C15H24N2O3/c1-9(10-4-2-3-5-10)16-15(20)17-11-6-7-13(17)12(8-11)14(18)19/h9-13H,2-8H2,1H3,(H,16,20)(H,18,19). The molecule has 2 aliphatic heterocycles. The maximum atomic E-state index is 12.5. The number of hydrogen-bond donors (Lipinski definition) is 2. The van der Waals surface area contributed by atoms with E-state index < -0.39 is 5.97 Å². The number of nitrogens with zero attached hydrogens (tertiary/aromatic N) is 1. The minimum atomic E-state index is -0.751. The number of nitrogens with one attached hydrogen (secondary N) is 1. The molecule has 4 unspecified atom stereocenters. The Balaban J connectivity index is 1.61. The third-order valence-electron chi connectivity index (χ3n) is 5.55. The van der Waals surface area contributed by atoms with Crippen molar-refractivity contribution in [1.82, 2.24) is 10.2 Å². The molecule has 3 aliphatic rings. The summed E-state index contributed by atoms with van der Waals surface area (Å²) in [6, 6.07) is 0.207. The zero-order valence-electron chi connectivity index (χ0n) is 12.0. The van der Waals surface area contributed by atoms with E-state index in [0.717, 1.165) is 12.8 Å². The Labute approximate surface area is 119 Å². The zero-order valence-corrected chi connectivity index (χ0v) is 12.0. The molecule has 0 aromatic rings. The highest BCUT2D eigenvalue weighted by atomic mass is 16.4. The molecule has 2 amide bonds. The summed E-state index contributed by atoms with van der Waals surface area (Å²) in [5.41, 5.74) is 0. The van der Waals surface area contributed by atoms with Gasteiger partial charge in [0.2, 0.25) is 0 Å². The molecule has 5 heteroatoms. The Morgan fingerprint density at radius 1 is 1.20 bits per heavy atom. The molecule has 4 atom stereocenters. The Kier molecular flexibility index (Phi) is 3.61. The van der Waals surface area contributed by atoms with Crippen LogP contribution in [-0.2, 0) is 4.79 Å². The molecule has 0 spiro atoms. The van der Waals surface area contributed by atoms with Gasteiger partial charge >= 0.3 is 12.0 Å². The highest BCUT2D eigenvalue weighted by Crippen LogP contribution is 2.41. The van der Waals surface area contributed by atoms with E-state index in [0.29, 0.717) is 12.3 Å². The smallest absolute Gasteiger partial charge is 0.318 e. The molecule has 2 N–H and O–H groups in total. The summed E-state index contributed by atoms with van der Waals surface area (Å²) < 4.78 is 0. The lowest BCUT2D eigenvalue weighted by Crippen LogP contribution is -2.48. The third-order valence-corrected chi connectivity index (χ3v) is 5.55. The maximum absolute atomic E-state index is 12.5. The lowest BCUT2D eigenvalue weighted by Gasteiger charge is -2.28. The van der Waals surface area contributed by atoms with Crippen LogP contribution in [0.1, 0.15) is 51.9 Å². The number of aliphatic carboxylic acids is 1. The van der Waals surface area contributed by atoms with Gasteiger partial charge in [-0.1, -0.05) is 12.8 Å². The number of rotatable bonds is 3. The fraction of sp³-hybridized carbons (Fsp3) is 0.867. The zero-order chi connectivity index (χ0) is 14.3. The van der Waals surface area contributed by atoms with Crippen LogP contribution in [0.15, 0.2) is 0 Å². The number of carbonyl (C=O) groups excluding carboxylic acids is 1. The molecule has 0 radical (unpaired) electrons. The van der Waals surface area contributed by atoms with Gasteiger partial charge in [-0.05, 0) is 44.9 Å². The summed E-state index contributed by atoms with van der Waals surface area (Å²) in [5, 5.41) is 12.3. The van der Waals surface area contributed by atoms with Crippen molar-refractivity contribution < 1.29 is 14.7 Å². The number of fused-ring (bicyclic) bond motifs is 2. The second-order valence-electron chi connectivity index (χ2n) is 6.67. The van der Waals surface area contributed by atoms with Gasteiger partial charge in [-0.3, -0.25) is 4.79 Å². The second-order valence-corrected chi connectivity index (χ2v) is 6.67. The Morgan fingerprint density at radius 3 is 2.50 bits per heavy atom. The van der Waals surface area contributed by atoms with E-state index in [4.69, 9.17) is 0 Å².